The van der Waals surface area contributed by atoms with Gasteiger partial charge in [-0.15, -0.1) is 0 Å². The van der Waals surface area contributed by atoms with Gasteiger partial charge in [0.1, 0.15) is 0 Å². The molecule has 1 aliphatic rings. The van der Waals surface area contributed by atoms with E-state index in [0.29, 0.717) is 11.5 Å². The predicted molar refractivity (Wildman–Crippen MR) is 53.5 cm³/mol. The van der Waals surface area contributed by atoms with E-state index in [-0.39, 0.29) is 0 Å². The van der Waals surface area contributed by atoms with Gasteiger partial charge in [0.05, 0.1) is 0 Å². The summed E-state index contributed by atoms with van der Waals surface area (Å²) in [5, 5.41) is 3.47. The van der Waals surface area contributed by atoms with Crippen LogP contribution in [-0.4, -0.2) is 11.5 Å². The molecule has 70 valence electrons. The predicted octanol–water partition coefficient (Wildman–Crippen LogP) is 2.06. The lowest BCUT2D eigenvalue weighted by Crippen LogP contribution is -2.52. The molecular weight excluding hydrogens is 160 g/mol. The number of nitrogens with zero attached hydrogens (tertiary/aromatic N) is 1. The van der Waals surface area contributed by atoms with Gasteiger partial charge in [0.2, 0.25) is 0 Å². The topological polar surface area (TPSA) is 24.9 Å². The number of aromatic nitrogens is 1. The summed E-state index contributed by atoms with van der Waals surface area (Å²) in [6.45, 7) is 7.83. The van der Waals surface area contributed by atoms with Crippen LogP contribution in [0.5, 0.6) is 0 Å². The first kappa shape index (κ1) is 8.70. The van der Waals surface area contributed by atoms with E-state index in [1.807, 2.05) is 12.4 Å². The molecule has 0 bridgehead atoms. The Balaban J connectivity index is 2.32. The maximum Gasteiger partial charge on any atom is 0.0388 e. The molecule has 2 rings (SSSR count). The van der Waals surface area contributed by atoms with E-state index in [9.17, 15) is 0 Å². The van der Waals surface area contributed by atoms with Crippen LogP contribution in [0.2, 0.25) is 0 Å². The van der Waals surface area contributed by atoms with Crippen LogP contribution >= 0.6 is 0 Å². The SMILES string of the molecule is Cc1cnccc1C1NCC1(C)C. The third-order valence-corrected chi connectivity index (χ3v) is 2.92. The Kier molecular flexibility index (Phi) is 1.88. The number of hydrogen-bond donors (Lipinski definition) is 1. The molecule has 1 atom stereocenters. The van der Waals surface area contributed by atoms with E-state index in [4.69, 9.17) is 0 Å². The Morgan fingerprint density at radius 2 is 2.31 bits per heavy atom. The van der Waals surface area contributed by atoms with Crippen molar-refractivity contribution >= 4 is 0 Å². The number of aryl methyl sites for hydroxylation is 1. The molecule has 1 aliphatic heterocycles. The highest BCUT2D eigenvalue weighted by atomic mass is 15.0. The molecule has 1 unspecified atom stereocenters. The highest BCUT2D eigenvalue weighted by Gasteiger charge is 2.39. The first-order valence-electron chi connectivity index (χ1n) is 4.75. The summed E-state index contributed by atoms with van der Waals surface area (Å²) < 4.78 is 0. The van der Waals surface area contributed by atoms with Gasteiger partial charge in [-0.05, 0) is 29.5 Å². The summed E-state index contributed by atoms with van der Waals surface area (Å²) in [7, 11) is 0. The number of hydrogen-bond acceptors (Lipinski definition) is 2. The molecule has 1 N–H and O–H groups in total. The zero-order chi connectivity index (χ0) is 9.47. The molecular formula is C11H16N2. The second-order valence-corrected chi connectivity index (χ2v) is 4.53. The van der Waals surface area contributed by atoms with Crippen LogP contribution in [0.15, 0.2) is 18.5 Å². The summed E-state index contributed by atoms with van der Waals surface area (Å²) in [6, 6.07) is 2.63. The molecule has 2 heteroatoms. The summed E-state index contributed by atoms with van der Waals surface area (Å²) >= 11 is 0. The molecule has 1 aromatic rings. The number of rotatable bonds is 1. The fourth-order valence-corrected chi connectivity index (χ4v) is 1.95. The maximum atomic E-state index is 4.11. The Hall–Kier alpha value is -0.890. The quantitative estimate of drug-likeness (QED) is 0.708. The molecule has 0 saturated carbocycles. The minimum Gasteiger partial charge on any atom is -0.309 e. The van der Waals surface area contributed by atoms with Gasteiger partial charge in [0.15, 0.2) is 0 Å². The maximum absolute atomic E-state index is 4.11. The summed E-state index contributed by atoms with van der Waals surface area (Å²) in [4.78, 5) is 4.11. The lowest BCUT2D eigenvalue weighted by Gasteiger charge is -2.46. The van der Waals surface area contributed by atoms with Crippen molar-refractivity contribution in [2.24, 2.45) is 5.41 Å². The van der Waals surface area contributed by atoms with Gasteiger partial charge >= 0.3 is 0 Å². The standard InChI is InChI=1S/C11H16N2/c1-8-6-12-5-4-9(8)10-11(2,3)7-13-10/h4-6,10,13H,7H2,1-3H3. The van der Waals surface area contributed by atoms with Gasteiger partial charge in [0.25, 0.3) is 0 Å². The zero-order valence-corrected chi connectivity index (χ0v) is 8.46. The molecule has 1 saturated heterocycles. The monoisotopic (exact) mass is 176 g/mol. The Labute approximate surface area is 79.4 Å². The van der Waals surface area contributed by atoms with Gasteiger partial charge in [-0.1, -0.05) is 13.8 Å². The third kappa shape index (κ3) is 1.35. The summed E-state index contributed by atoms with van der Waals surface area (Å²) in [5.41, 5.74) is 3.07. The second kappa shape index (κ2) is 2.81. The fraction of sp³-hybridized carbons (Fsp3) is 0.545. The van der Waals surface area contributed by atoms with Crippen LogP contribution in [0.3, 0.4) is 0 Å². The van der Waals surface area contributed by atoms with Crippen LogP contribution in [-0.2, 0) is 0 Å². The first-order chi connectivity index (χ1) is 6.11. The third-order valence-electron chi connectivity index (χ3n) is 2.92. The fourth-order valence-electron chi connectivity index (χ4n) is 1.95. The zero-order valence-electron chi connectivity index (χ0n) is 8.46. The number of nitrogens with one attached hydrogen (secondary N) is 1. The van der Waals surface area contributed by atoms with E-state index in [1.165, 1.54) is 11.1 Å². The average Bonchev–Trinajstić information content (AvgIpc) is 2.07. The molecule has 13 heavy (non-hydrogen) atoms. The molecule has 2 heterocycles. The van der Waals surface area contributed by atoms with Crippen LogP contribution in [0.4, 0.5) is 0 Å². The van der Waals surface area contributed by atoms with Gasteiger partial charge in [0, 0.05) is 25.0 Å². The lowest BCUT2D eigenvalue weighted by atomic mass is 9.73. The molecule has 0 spiro atoms. The van der Waals surface area contributed by atoms with E-state index < -0.39 is 0 Å². The van der Waals surface area contributed by atoms with Gasteiger partial charge in [-0.25, -0.2) is 0 Å². The minimum atomic E-state index is 0.395. The van der Waals surface area contributed by atoms with E-state index in [2.05, 4.69) is 37.1 Å². The summed E-state index contributed by atoms with van der Waals surface area (Å²) in [5.74, 6) is 0. The van der Waals surface area contributed by atoms with Crippen LogP contribution in [0.25, 0.3) is 0 Å². The largest absolute Gasteiger partial charge is 0.309 e. The molecule has 1 fully saturated rings. The Morgan fingerprint density at radius 3 is 2.77 bits per heavy atom. The normalized spacial score (nSPS) is 25.3. The van der Waals surface area contributed by atoms with Crippen molar-refractivity contribution in [2.75, 3.05) is 6.54 Å². The lowest BCUT2D eigenvalue weighted by molar-refractivity contribution is 0.127. The van der Waals surface area contributed by atoms with E-state index in [0.717, 1.165) is 6.54 Å². The van der Waals surface area contributed by atoms with Crippen LogP contribution < -0.4 is 5.32 Å². The smallest absolute Gasteiger partial charge is 0.0388 e. The van der Waals surface area contributed by atoms with Crippen LogP contribution in [0, 0.1) is 12.3 Å². The first-order valence-corrected chi connectivity index (χ1v) is 4.75. The van der Waals surface area contributed by atoms with Crippen molar-refractivity contribution in [3.05, 3.63) is 29.6 Å². The molecule has 0 radical (unpaired) electrons. The van der Waals surface area contributed by atoms with Crippen LogP contribution in [0.1, 0.15) is 31.0 Å². The van der Waals surface area contributed by atoms with Crippen molar-refractivity contribution in [2.45, 2.75) is 26.8 Å². The molecule has 0 aromatic carbocycles. The highest BCUT2D eigenvalue weighted by molar-refractivity contribution is 5.29. The molecule has 2 nitrogen and oxygen atoms in total. The highest BCUT2D eigenvalue weighted by Crippen LogP contribution is 2.40. The van der Waals surface area contributed by atoms with Crippen molar-refractivity contribution in [1.82, 2.24) is 10.3 Å². The molecule has 1 aromatic heterocycles. The molecule has 0 amide bonds. The van der Waals surface area contributed by atoms with Crippen molar-refractivity contribution in [3.8, 4) is 0 Å². The summed E-state index contributed by atoms with van der Waals surface area (Å²) in [6.07, 6.45) is 3.81. The second-order valence-electron chi connectivity index (χ2n) is 4.53. The van der Waals surface area contributed by atoms with Gasteiger partial charge < -0.3 is 5.32 Å². The van der Waals surface area contributed by atoms with Gasteiger partial charge in [-0.2, -0.15) is 0 Å². The van der Waals surface area contributed by atoms with Crippen molar-refractivity contribution in [1.29, 1.82) is 0 Å². The van der Waals surface area contributed by atoms with E-state index in [1.54, 1.807) is 0 Å². The Bertz CT molecular complexity index is 318. The van der Waals surface area contributed by atoms with Crippen molar-refractivity contribution in [3.63, 3.8) is 0 Å². The van der Waals surface area contributed by atoms with E-state index >= 15 is 0 Å². The minimum absolute atomic E-state index is 0.395. The Morgan fingerprint density at radius 1 is 1.54 bits per heavy atom. The van der Waals surface area contributed by atoms with Crippen molar-refractivity contribution < 1.29 is 0 Å². The number of pyridine rings is 1. The average molecular weight is 176 g/mol. The van der Waals surface area contributed by atoms with Gasteiger partial charge in [-0.3, -0.25) is 4.98 Å². The molecule has 0 aliphatic carbocycles.